The van der Waals surface area contributed by atoms with Crippen LogP contribution in [0.4, 0.5) is 0 Å². The molecule has 5 rings (SSSR count). The van der Waals surface area contributed by atoms with Crippen LogP contribution in [0.1, 0.15) is 53.0 Å². The van der Waals surface area contributed by atoms with Gasteiger partial charge in [0.1, 0.15) is 24.5 Å². The number of hydrogen-bond acceptors (Lipinski definition) is 8. The van der Waals surface area contributed by atoms with Gasteiger partial charge in [0, 0.05) is 30.6 Å². The number of ether oxygens (including phenoxy) is 1. The molecule has 40 heavy (non-hydrogen) atoms. The van der Waals surface area contributed by atoms with Gasteiger partial charge >= 0.3 is 0 Å². The van der Waals surface area contributed by atoms with Crippen LogP contribution in [0.3, 0.4) is 0 Å². The number of benzene rings is 1. The van der Waals surface area contributed by atoms with Gasteiger partial charge in [-0.25, -0.2) is 0 Å². The third-order valence-corrected chi connectivity index (χ3v) is 10.8. The van der Waals surface area contributed by atoms with Crippen molar-refractivity contribution >= 4 is 28.5 Å². The maximum absolute atomic E-state index is 13.9. The summed E-state index contributed by atoms with van der Waals surface area (Å²) in [5, 5.41) is 35.1. The zero-order valence-corrected chi connectivity index (χ0v) is 26.7. The highest BCUT2D eigenvalue weighted by molar-refractivity contribution is 14.1. The van der Waals surface area contributed by atoms with Crippen molar-refractivity contribution in [3.8, 4) is 5.75 Å². The lowest BCUT2D eigenvalue weighted by molar-refractivity contribution is -0.183. The highest BCUT2D eigenvalue weighted by atomic mass is 127. The molecule has 10 heteroatoms. The number of carbonyl (C=O) groups excluding carboxylic acids is 1. The van der Waals surface area contributed by atoms with E-state index in [4.69, 9.17) is 9.57 Å². The molecule has 8 atom stereocenters. The number of nitrogens with one attached hydrogen (secondary N) is 1. The molecular formula is C30H48IN3O6. The third-order valence-electron chi connectivity index (χ3n) is 9.95. The Bertz CT molecular complexity index is 1010. The summed E-state index contributed by atoms with van der Waals surface area (Å²) in [7, 11) is 0. The van der Waals surface area contributed by atoms with Crippen molar-refractivity contribution in [3.05, 3.63) is 27.3 Å². The Morgan fingerprint density at radius 2 is 2.05 bits per heavy atom. The van der Waals surface area contributed by atoms with E-state index in [0.29, 0.717) is 42.9 Å². The number of likely N-dealkylation sites (N-methyl/N-ethyl adjacent to an activating group) is 1. The second-order valence-electron chi connectivity index (χ2n) is 12.5. The number of rotatable bonds is 13. The van der Waals surface area contributed by atoms with Crippen molar-refractivity contribution in [2.24, 2.45) is 29.1 Å². The third kappa shape index (κ3) is 6.48. The predicted molar refractivity (Wildman–Crippen MR) is 161 cm³/mol. The monoisotopic (exact) mass is 673 g/mol. The van der Waals surface area contributed by atoms with Gasteiger partial charge in [0.25, 0.3) is 0 Å². The van der Waals surface area contributed by atoms with Crippen LogP contribution in [-0.4, -0.2) is 94.9 Å². The highest BCUT2D eigenvalue weighted by Gasteiger charge is 2.57. The quantitative estimate of drug-likeness (QED) is 0.237. The summed E-state index contributed by atoms with van der Waals surface area (Å²) in [5.41, 5.74) is 1.19. The van der Waals surface area contributed by atoms with Crippen LogP contribution in [-0.2, 0) is 16.2 Å². The molecule has 3 saturated carbocycles. The number of aliphatic hydroxyl groups excluding tert-OH is 3. The average Bonchev–Trinajstić information content (AvgIpc) is 3.29. The van der Waals surface area contributed by atoms with Crippen LogP contribution in [0.15, 0.2) is 18.2 Å². The number of hydrogen-bond donors (Lipinski definition) is 4. The topological polar surface area (TPSA) is 115 Å². The fraction of sp³-hybridized carbons (Fsp3) is 0.767. The number of aliphatic hydroxyl groups is 3. The smallest absolute Gasteiger partial charge is 0.240 e. The Morgan fingerprint density at radius 3 is 2.65 bits per heavy atom. The minimum Gasteiger partial charge on any atom is -0.491 e. The molecule has 1 heterocycles. The largest absolute Gasteiger partial charge is 0.491 e. The molecule has 1 aromatic rings. The lowest BCUT2D eigenvalue weighted by Gasteiger charge is -2.62. The normalized spacial score (nSPS) is 32.1. The molecule has 0 spiro atoms. The first-order valence-corrected chi connectivity index (χ1v) is 15.9. The summed E-state index contributed by atoms with van der Waals surface area (Å²) in [5.74, 6) is 1.59. The molecule has 1 unspecified atom stereocenters. The predicted octanol–water partition coefficient (Wildman–Crippen LogP) is 2.64. The van der Waals surface area contributed by atoms with Gasteiger partial charge in [0.05, 0.1) is 29.4 Å². The molecule has 1 amide bonds. The summed E-state index contributed by atoms with van der Waals surface area (Å²) < 4.78 is 7.19. The van der Waals surface area contributed by atoms with Gasteiger partial charge < -0.3 is 25.4 Å². The van der Waals surface area contributed by atoms with E-state index in [1.54, 1.807) is 12.0 Å². The first kappa shape index (κ1) is 31.9. The maximum Gasteiger partial charge on any atom is 0.240 e. The molecule has 226 valence electrons. The number of fused-ring (bicyclic) bond motifs is 2. The molecule has 4 N–H and O–H groups in total. The van der Waals surface area contributed by atoms with E-state index in [0.717, 1.165) is 27.8 Å². The van der Waals surface area contributed by atoms with E-state index < -0.39 is 24.2 Å². The van der Waals surface area contributed by atoms with Crippen LogP contribution in [0.25, 0.3) is 0 Å². The Hall–Kier alpha value is -1.02. The molecule has 3 aliphatic carbocycles. The maximum atomic E-state index is 13.9. The van der Waals surface area contributed by atoms with Crippen molar-refractivity contribution < 1.29 is 29.7 Å². The van der Waals surface area contributed by atoms with Gasteiger partial charge in [-0.3, -0.25) is 14.5 Å². The van der Waals surface area contributed by atoms with E-state index in [1.807, 2.05) is 18.2 Å². The average molecular weight is 674 g/mol. The Labute approximate surface area is 252 Å². The summed E-state index contributed by atoms with van der Waals surface area (Å²) in [6.45, 7) is 13.3. The molecule has 1 aromatic carbocycles. The lowest BCUT2D eigenvalue weighted by Crippen LogP contribution is -2.62. The standard InChI is InChI=1S/C30H48IN3O6/c1-6-33(10-12-35)11-13-39-28-20(8-7-9-23(28)31)16-34-27(26(19(3)37)25(17-36)40-34)29(38)32-24-15-21-14-22(18(24)2)30(21,4)5/h7-9,18-19,21-22,24-27,35-37H,6,10-17H2,1-5H3,(H,32,38)/t18-,19-,21?,22-,24-,25-,26+,27-/m0/s1. The van der Waals surface area contributed by atoms with Crippen molar-refractivity contribution in [2.75, 3.05) is 39.5 Å². The SMILES string of the molecule is CCN(CCO)CCOc1c(I)cccc1CN1O[C@@H](CO)[C@@H]([C@H](C)O)[C@H]1C(=O)N[C@H]1CC2C[C@@H]([C@@H]1C)C2(C)C. The minimum absolute atomic E-state index is 0.0888. The number of para-hydroxylation sites is 1. The molecule has 1 aliphatic heterocycles. The summed E-state index contributed by atoms with van der Waals surface area (Å²) in [4.78, 5) is 22.2. The molecule has 4 aliphatic rings. The fourth-order valence-corrected chi connectivity index (χ4v) is 8.05. The fourth-order valence-electron chi connectivity index (χ4n) is 7.34. The highest BCUT2D eigenvalue weighted by Crippen LogP contribution is 2.61. The zero-order chi connectivity index (χ0) is 29.2. The number of hydroxylamine groups is 2. The van der Waals surface area contributed by atoms with Crippen LogP contribution in [0.5, 0.6) is 5.75 Å². The molecule has 9 nitrogen and oxygen atoms in total. The first-order valence-electron chi connectivity index (χ1n) is 14.8. The number of halogens is 1. The van der Waals surface area contributed by atoms with Crippen molar-refractivity contribution in [1.29, 1.82) is 0 Å². The van der Waals surface area contributed by atoms with E-state index in [9.17, 15) is 20.1 Å². The van der Waals surface area contributed by atoms with E-state index >= 15 is 0 Å². The second kappa shape index (κ2) is 13.5. The lowest BCUT2D eigenvalue weighted by atomic mass is 9.45. The molecular weight excluding hydrogens is 625 g/mol. The van der Waals surface area contributed by atoms with Gasteiger partial charge in [-0.05, 0) is 78.1 Å². The van der Waals surface area contributed by atoms with Gasteiger partial charge in [-0.2, -0.15) is 5.06 Å². The summed E-state index contributed by atoms with van der Waals surface area (Å²) in [6, 6.07) is 5.23. The van der Waals surface area contributed by atoms with Gasteiger partial charge in [0.2, 0.25) is 5.91 Å². The van der Waals surface area contributed by atoms with Gasteiger partial charge in [-0.15, -0.1) is 0 Å². The van der Waals surface area contributed by atoms with E-state index in [-0.39, 0.29) is 31.7 Å². The molecule has 0 aromatic heterocycles. The van der Waals surface area contributed by atoms with Crippen molar-refractivity contribution in [3.63, 3.8) is 0 Å². The van der Waals surface area contributed by atoms with Gasteiger partial charge in [0.15, 0.2) is 0 Å². The molecule has 1 saturated heterocycles. The van der Waals surface area contributed by atoms with E-state index in [1.165, 1.54) is 6.42 Å². The van der Waals surface area contributed by atoms with Crippen molar-refractivity contribution in [1.82, 2.24) is 15.3 Å². The second-order valence-corrected chi connectivity index (χ2v) is 13.6. The number of amides is 1. The molecule has 2 bridgehead atoms. The van der Waals surface area contributed by atoms with Crippen LogP contribution >= 0.6 is 22.6 Å². The number of nitrogens with zero attached hydrogens (tertiary/aromatic N) is 2. The summed E-state index contributed by atoms with van der Waals surface area (Å²) in [6.07, 6.45) is 0.669. The van der Waals surface area contributed by atoms with Crippen molar-refractivity contribution in [2.45, 2.75) is 78.3 Å². The Morgan fingerprint density at radius 1 is 1.30 bits per heavy atom. The number of carbonyl (C=O) groups is 1. The zero-order valence-electron chi connectivity index (χ0n) is 24.6. The molecule has 4 fully saturated rings. The molecule has 0 radical (unpaired) electrons. The van der Waals surface area contributed by atoms with Gasteiger partial charge in [-0.1, -0.05) is 39.8 Å². The van der Waals surface area contributed by atoms with Crippen LogP contribution < -0.4 is 10.1 Å². The van der Waals surface area contributed by atoms with Crippen LogP contribution in [0.2, 0.25) is 0 Å². The first-order chi connectivity index (χ1) is 19.0. The Balaban J connectivity index is 1.51. The Kier molecular flexibility index (Phi) is 10.8. The van der Waals surface area contributed by atoms with Crippen LogP contribution in [0, 0.1) is 32.7 Å². The minimum atomic E-state index is -0.841. The van der Waals surface area contributed by atoms with E-state index in [2.05, 4.69) is 60.5 Å². The summed E-state index contributed by atoms with van der Waals surface area (Å²) >= 11 is 2.25.